The van der Waals surface area contributed by atoms with Crippen molar-refractivity contribution < 1.29 is 13.2 Å². The van der Waals surface area contributed by atoms with Crippen LogP contribution in [0.25, 0.3) is 0 Å². The van der Waals surface area contributed by atoms with E-state index in [4.69, 9.17) is 0 Å². The zero-order valence-electron chi connectivity index (χ0n) is 15.6. The Morgan fingerprint density at radius 3 is 2.08 bits per heavy atom. The van der Waals surface area contributed by atoms with E-state index in [1.165, 1.54) is 0 Å². The minimum absolute atomic E-state index is 0.0520. The summed E-state index contributed by atoms with van der Waals surface area (Å²) in [5.41, 5.74) is 2.75. The van der Waals surface area contributed by atoms with Crippen LogP contribution in [0.3, 0.4) is 0 Å². The van der Waals surface area contributed by atoms with Gasteiger partial charge in [0.15, 0.2) is 11.6 Å². The van der Waals surface area contributed by atoms with Crippen LogP contribution in [0, 0.1) is 17.5 Å². The summed E-state index contributed by atoms with van der Waals surface area (Å²) in [4.78, 5) is 0. The van der Waals surface area contributed by atoms with Crippen LogP contribution in [0.5, 0.6) is 0 Å². The topological polar surface area (TPSA) is 0 Å². The largest absolute Gasteiger partial charge is 0.207 e. The number of halogens is 3. The molecular formula is C23H27F3. The van der Waals surface area contributed by atoms with Crippen molar-refractivity contribution in [2.24, 2.45) is 0 Å². The average Bonchev–Trinajstić information content (AvgIpc) is 2.66. The van der Waals surface area contributed by atoms with E-state index in [1.807, 2.05) is 26.0 Å². The van der Waals surface area contributed by atoms with Gasteiger partial charge in [0.25, 0.3) is 0 Å². The lowest BCUT2D eigenvalue weighted by Gasteiger charge is -2.29. The Kier molecular flexibility index (Phi) is 6.05. The van der Waals surface area contributed by atoms with Crippen LogP contribution in [-0.4, -0.2) is 0 Å². The number of hydrogen-bond donors (Lipinski definition) is 0. The summed E-state index contributed by atoms with van der Waals surface area (Å²) in [6, 6.07) is 9.06. The highest BCUT2D eigenvalue weighted by Gasteiger charge is 2.27. The molecule has 0 unspecified atom stereocenters. The second-order valence-corrected chi connectivity index (χ2v) is 7.44. The van der Waals surface area contributed by atoms with Crippen LogP contribution in [-0.2, 0) is 12.8 Å². The second-order valence-electron chi connectivity index (χ2n) is 7.44. The van der Waals surface area contributed by atoms with Gasteiger partial charge in [-0.1, -0.05) is 44.5 Å². The van der Waals surface area contributed by atoms with Crippen molar-refractivity contribution in [3.63, 3.8) is 0 Å². The maximum Gasteiger partial charge on any atom is 0.162 e. The molecule has 2 aromatic rings. The smallest absolute Gasteiger partial charge is 0.162 e. The zero-order chi connectivity index (χ0) is 18.7. The van der Waals surface area contributed by atoms with E-state index in [9.17, 15) is 13.2 Å². The monoisotopic (exact) mass is 360 g/mol. The lowest BCUT2D eigenvalue weighted by Crippen LogP contribution is -2.14. The van der Waals surface area contributed by atoms with Gasteiger partial charge in [-0.25, -0.2) is 13.2 Å². The van der Waals surface area contributed by atoms with Crippen LogP contribution < -0.4 is 0 Å². The first kappa shape index (κ1) is 19.0. The van der Waals surface area contributed by atoms with E-state index < -0.39 is 11.6 Å². The summed E-state index contributed by atoms with van der Waals surface area (Å²) in [6.45, 7) is 3.91. The van der Waals surface area contributed by atoms with Crippen LogP contribution in [0.15, 0.2) is 30.3 Å². The van der Waals surface area contributed by atoms with Crippen molar-refractivity contribution in [2.45, 2.75) is 70.6 Å². The Morgan fingerprint density at radius 1 is 0.808 bits per heavy atom. The molecule has 0 N–H and O–H groups in total. The van der Waals surface area contributed by atoms with Gasteiger partial charge in [-0.15, -0.1) is 0 Å². The van der Waals surface area contributed by atoms with Crippen LogP contribution in [0.4, 0.5) is 13.2 Å². The molecular weight excluding hydrogens is 333 g/mol. The zero-order valence-corrected chi connectivity index (χ0v) is 15.6. The van der Waals surface area contributed by atoms with E-state index in [-0.39, 0.29) is 11.7 Å². The fourth-order valence-corrected chi connectivity index (χ4v) is 4.22. The maximum absolute atomic E-state index is 14.5. The number of hydrogen-bond acceptors (Lipinski definition) is 0. The molecule has 0 aliphatic heterocycles. The van der Waals surface area contributed by atoms with Crippen molar-refractivity contribution in [2.75, 3.05) is 0 Å². The molecule has 1 fully saturated rings. The van der Waals surface area contributed by atoms with Crippen LogP contribution in [0.2, 0.25) is 0 Å². The molecule has 0 saturated heterocycles. The van der Waals surface area contributed by atoms with E-state index in [0.717, 1.165) is 43.2 Å². The van der Waals surface area contributed by atoms with E-state index in [1.54, 1.807) is 18.2 Å². The van der Waals surface area contributed by atoms with Crippen molar-refractivity contribution in [3.8, 4) is 0 Å². The van der Waals surface area contributed by atoms with Crippen molar-refractivity contribution in [1.29, 1.82) is 0 Å². The van der Waals surface area contributed by atoms with Gasteiger partial charge in [0, 0.05) is 0 Å². The quantitative estimate of drug-likeness (QED) is 0.535. The molecule has 0 bridgehead atoms. The highest BCUT2D eigenvalue weighted by molar-refractivity contribution is 5.31. The fraction of sp³-hybridized carbons (Fsp3) is 0.478. The van der Waals surface area contributed by atoms with E-state index in [2.05, 4.69) is 0 Å². The third kappa shape index (κ3) is 3.82. The van der Waals surface area contributed by atoms with Gasteiger partial charge in [-0.2, -0.15) is 0 Å². The van der Waals surface area contributed by atoms with Gasteiger partial charge < -0.3 is 0 Å². The van der Waals surface area contributed by atoms with E-state index in [0.29, 0.717) is 29.9 Å². The SMILES string of the molecule is CCCc1ccc(C2CCC(c3ccc(CC)c(F)c3)CC2)c(F)c1F. The molecule has 0 spiro atoms. The molecule has 0 nitrogen and oxygen atoms in total. The molecule has 1 aliphatic rings. The first-order valence-corrected chi connectivity index (χ1v) is 9.80. The molecule has 0 radical (unpaired) electrons. The van der Waals surface area contributed by atoms with Crippen molar-refractivity contribution in [1.82, 2.24) is 0 Å². The Hall–Kier alpha value is -1.77. The van der Waals surface area contributed by atoms with Gasteiger partial charge >= 0.3 is 0 Å². The highest BCUT2D eigenvalue weighted by Crippen LogP contribution is 2.42. The number of benzene rings is 2. The van der Waals surface area contributed by atoms with Gasteiger partial charge in [-0.05, 0) is 78.7 Å². The lowest BCUT2D eigenvalue weighted by molar-refractivity contribution is 0.380. The number of rotatable bonds is 5. The first-order chi connectivity index (χ1) is 12.5. The fourth-order valence-electron chi connectivity index (χ4n) is 4.22. The highest BCUT2D eigenvalue weighted by atomic mass is 19.2. The summed E-state index contributed by atoms with van der Waals surface area (Å²) in [5.74, 6) is -1.12. The Bertz CT molecular complexity index is 758. The van der Waals surface area contributed by atoms with Gasteiger partial charge in [0.2, 0.25) is 0 Å². The molecule has 1 aliphatic carbocycles. The molecule has 140 valence electrons. The summed E-state index contributed by atoms with van der Waals surface area (Å²) in [5, 5.41) is 0. The predicted molar refractivity (Wildman–Crippen MR) is 100 cm³/mol. The summed E-state index contributed by atoms with van der Waals surface area (Å²) >= 11 is 0. The molecule has 3 heteroatoms. The summed E-state index contributed by atoms with van der Waals surface area (Å²) in [7, 11) is 0. The molecule has 0 atom stereocenters. The third-order valence-corrected chi connectivity index (χ3v) is 5.81. The third-order valence-electron chi connectivity index (χ3n) is 5.81. The standard InChI is InChI=1S/C23H27F3/c1-3-5-18-12-13-20(23(26)22(18)25)17-9-7-16(8-10-17)19-11-6-15(4-2)21(24)14-19/h6,11-14,16-17H,3-5,7-10H2,1-2H3. The van der Waals surface area contributed by atoms with E-state index >= 15 is 0 Å². The molecule has 26 heavy (non-hydrogen) atoms. The van der Waals surface area contributed by atoms with Crippen LogP contribution >= 0.6 is 0 Å². The normalized spacial score (nSPS) is 20.3. The molecule has 0 heterocycles. The maximum atomic E-state index is 14.5. The molecule has 3 rings (SSSR count). The Morgan fingerprint density at radius 2 is 1.46 bits per heavy atom. The molecule has 0 amide bonds. The Balaban J connectivity index is 1.71. The predicted octanol–water partition coefficient (Wildman–Crippen LogP) is 7.06. The lowest BCUT2D eigenvalue weighted by atomic mass is 9.75. The van der Waals surface area contributed by atoms with Crippen molar-refractivity contribution >= 4 is 0 Å². The van der Waals surface area contributed by atoms with Crippen LogP contribution in [0.1, 0.15) is 80.0 Å². The summed E-state index contributed by atoms with van der Waals surface area (Å²) < 4.78 is 42.8. The minimum atomic E-state index is -0.677. The van der Waals surface area contributed by atoms with Gasteiger partial charge in [-0.3, -0.25) is 0 Å². The van der Waals surface area contributed by atoms with Gasteiger partial charge in [0.05, 0.1) is 0 Å². The molecule has 1 saturated carbocycles. The van der Waals surface area contributed by atoms with Crippen molar-refractivity contribution in [3.05, 3.63) is 70.0 Å². The van der Waals surface area contributed by atoms with Gasteiger partial charge in [0.1, 0.15) is 5.82 Å². The minimum Gasteiger partial charge on any atom is -0.207 e. The second kappa shape index (κ2) is 8.28. The molecule has 2 aromatic carbocycles. The summed E-state index contributed by atoms with van der Waals surface area (Å²) in [6.07, 6.45) is 5.44. The first-order valence-electron chi connectivity index (χ1n) is 9.80. The Labute approximate surface area is 154 Å². The molecule has 0 aromatic heterocycles. The average molecular weight is 360 g/mol. The number of aryl methyl sites for hydroxylation is 2.